The SMILES string of the molecule is CCCc1ccc(-c2csc(NC(=O)CSc3nnc(Cn4cncn4)o3)n2)cc1. The molecule has 4 aromatic rings. The predicted molar refractivity (Wildman–Crippen MR) is 114 cm³/mol. The minimum absolute atomic E-state index is 0.144. The molecule has 1 N–H and O–H groups in total. The molecule has 154 valence electrons. The van der Waals surface area contributed by atoms with E-state index in [9.17, 15) is 4.79 Å². The van der Waals surface area contributed by atoms with Gasteiger partial charge in [-0.3, -0.25) is 4.79 Å². The number of aryl methyl sites for hydroxylation is 1. The quantitative estimate of drug-likeness (QED) is 0.393. The first-order valence-electron chi connectivity index (χ1n) is 9.32. The second-order valence-electron chi connectivity index (χ2n) is 6.38. The Morgan fingerprint density at radius 2 is 2.13 bits per heavy atom. The number of benzene rings is 1. The average Bonchev–Trinajstić information content (AvgIpc) is 3.50. The van der Waals surface area contributed by atoms with Crippen LogP contribution in [0.4, 0.5) is 5.13 Å². The van der Waals surface area contributed by atoms with Crippen LogP contribution in [0.2, 0.25) is 0 Å². The summed E-state index contributed by atoms with van der Waals surface area (Å²) in [5.74, 6) is 0.360. The van der Waals surface area contributed by atoms with Gasteiger partial charge in [-0.2, -0.15) is 5.10 Å². The van der Waals surface area contributed by atoms with E-state index >= 15 is 0 Å². The van der Waals surface area contributed by atoms with E-state index in [0.29, 0.717) is 22.8 Å². The Labute approximate surface area is 181 Å². The number of anilines is 1. The van der Waals surface area contributed by atoms with Crippen molar-refractivity contribution in [2.45, 2.75) is 31.5 Å². The molecule has 3 heterocycles. The maximum absolute atomic E-state index is 12.2. The summed E-state index contributed by atoms with van der Waals surface area (Å²) in [5, 5.41) is 17.5. The van der Waals surface area contributed by atoms with Gasteiger partial charge in [0.2, 0.25) is 11.8 Å². The fourth-order valence-electron chi connectivity index (χ4n) is 2.69. The maximum Gasteiger partial charge on any atom is 0.277 e. The molecular weight excluding hydrogens is 422 g/mol. The summed E-state index contributed by atoms with van der Waals surface area (Å²) in [4.78, 5) is 20.6. The molecule has 9 nitrogen and oxygen atoms in total. The largest absolute Gasteiger partial charge is 0.414 e. The van der Waals surface area contributed by atoms with Crippen molar-refractivity contribution in [2.24, 2.45) is 0 Å². The number of carbonyl (C=O) groups is 1. The first-order valence-corrected chi connectivity index (χ1v) is 11.2. The zero-order valence-electron chi connectivity index (χ0n) is 16.2. The number of thiazole rings is 1. The highest BCUT2D eigenvalue weighted by molar-refractivity contribution is 7.99. The average molecular weight is 442 g/mol. The highest BCUT2D eigenvalue weighted by atomic mass is 32.2. The number of hydrogen-bond acceptors (Lipinski definition) is 9. The minimum atomic E-state index is -0.185. The van der Waals surface area contributed by atoms with Crippen LogP contribution in [-0.2, 0) is 17.8 Å². The first kappa shape index (κ1) is 20.2. The third-order valence-electron chi connectivity index (χ3n) is 4.08. The summed E-state index contributed by atoms with van der Waals surface area (Å²) in [7, 11) is 0. The smallest absolute Gasteiger partial charge is 0.277 e. The number of amides is 1. The standard InChI is InChI=1S/C19H19N7O2S2/c1-2-3-13-4-6-14(7-5-13)15-9-29-18(22-15)23-16(27)10-30-19-25-24-17(28-19)8-26-12-20-11-21-26/h4-7,9,11-12H,2-3,8,10H2,1H3,(H,22,23,27). The van der Waals surface area contributed by atoms with Gasteiger partial charge in [0.1, 0.15) is 19.2 Å². The molecule has 0 radical (unpaired) electrons. The van der Waals surface area contributed by atoms with Crippen molar-refractivity contribution in [3.8, 4) is 11.3 Å². The van der Waals surface area contributed by atoms with Gasteiger partial charge in [0, 0.05) is 10.9 Å². The Balaban J connectivity index is 1.28. The predicted octanol–water partition coefficient (Wildman–Crippen LogP) is 3.52. The van der Waals surface area contributed by atoms with Gasteiger partial charge in [-0.05, 0) is 12.0 Å². The second-order valence-corrected chi connectivity index (χ2v) is 8.16. The zero-order chi connectivity index (χ0) is 20.8. The molecule has 0 aliphatic heterocycles. The van der Waals surface area contributed by atoms with E-state index in [2.05, 4.69) is 61.8 Å². The molecular formula is C19H19N7O2S2. The Hall–Kier alpha value is -3.05. The lowest BCUT2D eigenvalue weighted by molar-refractivity contribution is -0.113. The van der Waals surface area contributed by atoms with Crippen LogP contribution in [0.25, 0.3) is 11.3 Å². The van der Waals surface area contributed by atoms with Crippen molar-refractivity contribution in [1.82, 2.24) is 29.9 Å². The molecule has 0 bridgehead atoms. The van der Waals surface area contributed by atoms with Crippen molar-refractivity contribution >= 4 is 34.1 Å². The lowest BCUT2D eigenvalue weighted by Crippen LogP contribution is -2.13. The summed E-state index contributed by atoms with van der Waals surface area (Å²) in [6, 6.07) is 8.37. The number of nitrogens with one attached hydrogen (secondary N) is 1. The maximum atomic E-state index is 12.2. The van der Waals surface area contributed by atoms with Crippen molar-refractivity contribution in [3.05, 3.63) is 53.8 Å². The van der Waals surface area contributed by atoms with Gasteiger partial charge in [0.15, 0.2) is 5.13 Å². The minimum Gasteiger partial charge on any atom is -0.414 e. The molecule has 0 fully saturated rings. The van der Waals surface area contributed by atoms with Gasteiger partial charge in [0.25, 0.3) is 5.22 Å². The van der Waals surface area contributed by atoms with Crippen molar-refractivity contribution in [3.63, 3.8) is 0 Å². The van der Waals surface area contributed by atoms with Gasteiger partial charge in [-0.1, -0.05) is 49.4 Å². The Bertz CT molecular complexity index is 1090. The topological polar surface area (TPSA) is 112 Å². The fourth-order valence-corrected chi connectivity index (χ4v) is 4.01. The van der Waals surface area contributed by atoms with E-state index in [1.165, 1.54) is 35.0 Å². The summed E-state index contributed by atoms with van der Waals surface area (Å²) < 4.78 is 7.08. The van der Waals surface area contributed by atoms with Crippen molar-refractivity contribution < 1.29 is 9.21 Å². The molecule has 0 atom stereocenters. The third-order valence-corrected chi connectivity index (χ3v) is 5.65. The first-order chi connectivity index (χ1) is 14.7. The van der Waals surface area contributed by atoms with E-state index in [-0.39, 0.29) is 11.7 Å². The van der Waals surface area contributed by atoms with E-state index in [4.69, 9.17) is 4.42 Å². The fraction of sp³-hybridized carbons (Fsp3) is 0.263. The molecule has 3 aromatic heterocycles. The molecule has 30 heavy (non-hydrogen) atoms. The summed E-state index contributed by atoms with van der Waals surface area (Å²) in [5.41, 5.74) is 3.19. The lowest BCUT2D eigenvalue weighted by Gasteiger charge is -2.01. The van der Waals surface area contributed by atoms with E-state index in [1.807, 2.05) is 5.38 Å². The summed E-state index contributed by atoms with van der Waals surface area (Å²) in [6.07, 6.45) is 5.18. The highest BCUT2D eigenvalue weighted by Crippen LogP contribution is 2.26. The van der Waals surface area contributed by atoms with Crippen molar-refractivity contribution in [2.75, 3.05) is 11.1 Å². The molecule has 0 saturated heterocycles. The Morgan fingerprint density at radius 1 is 1.27 bits per heavy atom. The molecule has 0 aliphatic carbocycles. The second kappa shape index (κ2) is 9.63. The van der Waals surface area contributed by atoms with Crippen LogP contribution in [0.1, 0.15) is 24.8 Å². The van der Waals surface area contributed by atoms with Crippen LogP contribution >= 0.6 is 23.1 Å². The molecule has 0 spiro atoms. The van der Waals surface area contributed by atoms with Crippen LogP contribution in [-0.4, -0.2) is 41.6 Å². The number of thioether (sulfide) groups is 1. The van der Waals surface area contributed by atoms with E-state index in [1.54, 1.807) is 11.0 Å². The van der Waals surface area contributed by atoms with Crippen LogP contribution < -0.4 is 5.32 Å². The number of carbonyl (C=O) groups excluding carboxylic acids is 1. The van der Waals surface area contributed by atoms with Crippen LogP contribution in [0.3, 0.4) is 0 Å². The molecule has 4 rings (SSSR count). The molecule has 0 saturated carbocycles. The molecule has 1 aromatic carbocycles. The van der Waals surface area contributed by atoms with Crippen molar-refractivity contribution in [1.29, 1.82) is 0 Å². The van der Waals surface area contributed by atoms with Gasteiger partial charge in [-0.25, -0.2) is 14.6 Å². The number of nitrogens with zero attached hydrogens (tertiary/aromatic N) is 6. The molecule has 0 unspecified atom stereocenters. The number of hydrogen-bond donors (Lipinski definition) is 1. The highest BCUT2D eigenvalue weighted by Gasteiger charge is 2.12. The van der Waals surface area contributed by atoms with Gasteiger partial charge >= 0.3 is 0 Å². The molecule has 1 amide bonds. The van der Waals surface area contributed by atoms with Gasteiger partial charge < -0.3 is 9.73 Å². The molecule has 0 aliphatic rings. The number of rotatable bonds is 9. The van der Waals surface area contributed by atoms with E-state index in [0.717, 1.165) is 24.1 Å². The molecule has 11 heteroatoms. The zero-order valence-corrected chi connectivity index (χ0v) is 17.8. The van der Waals surface area contributed by atoms with E-state index < -0.39 is 0 Å². The summed E-state index contributed by atoms with van der Waals surface area (Å²) >= 11 is 2.57. The summed E-state index contributed by atoms with van der Waals surface area (Å²) in [6.45, 7) is 2.50. The van der Waals surface area contributed by atoms with Gasteiger partial charge in [0.05, 0.1) is 11.4 Å². The van der Waals surface area contributed by atoms with Crippen LogP contribution in [0, 0.1) is 0 Å². The monoisotopic (exact) mass is 441 g/mol. The Kier molecular flexibility index (Phi) is 6.50. The van der Waals surface area contributed by atoms with Crippen LogP contribution in [0.15, 0.2) is 51.9 Å². The lowest BCUT2D eigenvalue weighted by atomic mass is 10.1. The Morgan fingerprint density at radius 3 is 2.90 bits per heavy atom. The normalized spacial score (nSPS) is 11.0. The van der Waals surface area contributed by atoms with Crippen LogP contribution in [0.5, 0.6) is 0 Å². The third kappa shape index (κ3) is 5.30. The van der Waals surface area contributed by atoms with Gasteiger partial charge in [-0.15, -0.1) is 21.5 Å². The number of aromatic nitrogens is 6.